The van der Waals surface area contributed by atoms with Crippen LogP contribution < -0.4 is 0 Å². The van der Waals surface area contributed by atoms with E-state index in [1.807, 2.05) is 0 Å². The van der Waals surface area contributed by atoms with Crippen molar-refractivity contribution in [1.82, 2.24) is 15.0 Å². The van der Waals surface area contributed by atoms with E-state index in [1.165, 1.54) is 29.8 Å². The molecule has 3 aromatic rings. The number of aromatic nitrogens is 3. The van der Waals surface area contributed by atoms with Crippen molar-refractivity contribution in [3.05, 3.63) is 36.0 Å². The van der Waals surface area contributed by atoms with Crippen LogP contribution in [-0.4, -0.2) is 26.0 Å². The third kappa shape index (κ3) is 1.65. The molecule has 3 rings (SSSR count). The zero-order chi connectivity index (χ0) is 12.7. The smallest absolute Gasteiger partial charge is 0.356 e. The lowest BCUT2D eigenvalue weighted by molar-refractivity contribution is 0.0692. The molecule has 0 radical (unpaired) electrons. The van der Waals surface area contributed by atoms with E-state index in [0.717, 1.165) is 0 Å². The van der Waals surface area contributed by atoms with Gasteiger partial charge in [0.1, 0.15) is 16.5 Å². The maximum absolute atomic E-state index is 13.1. The second kappa shape index (κ2) is 3.88. The highest BCUT2D eigenvalue weighted by atomic mass is 32.1. The number of nitrogens with one attached hydrogen (secondary N) is 1. The second-order valence-electron chi connectivity index (χ2n) is 3.56. The molecule has 90 valence electrons. The van der Waals surface area contributed by atoms with Gasteiger partial charge in [0, 0.05) is 0 Å². The van der Waals surface area contributed by atoms with E-state index in [4.69, 9.17) is 5.11 Å². The molecular formula is C11H6FN3O2S. The summed E-state index contributed by atoms with van der Waals surface area (Å²) in [5.41, 5.74) is 0.876. The van der Waals surface area contributed by atoms with Crippen molar-refractivity contribution >= 4 is 27.5 Å². The van der Waals surface area contributed by atoms with Gasteiger partial charge in [-0.2, -0.15) is 0 Å². The molecule has 0 aliphatic heterocycles. The average molecular weight is 263 g/mol. The van der Waals surface area contributed by atoms with Crippen LogP contribution >= 0.6 is 11.3 Å². The number of aromatic carboxylic acids is 1. The van der Waals surface area contributed by atoms with Gasteiger partial charge in [-0.3, -0.25) is 0 Å². The summed E-state index contributed by atoms with van der Waals surface area (Å²) in [7, 11) is 0. The van der Waals surface area contributed by atoms with Crippen LogP contribution in [0.15, 0.2) is 24.5 Å². The number of thiazole rings is 1. The average Bonchev–Trinajstić information content (AvgIpc) is 2.93. The van der Waals surface area contributed by atoms with Crippen LogP contribution in [0.2, 0.25) is 0 Å². The van der Waals surface area contributed by atoms with Crippen molar-refractivity contribution in [1.29, 1.82) is 0 Å². The number of imidazole rings is 1. The van der Waals surface area contributed by atoms with Crippen molar-refractivity contribution in [2.75, 3.05) is 0 Å². The van der Waals surface area contributed by atoms with Crippen LogP contribution in [0.25, 0.3) is 20.9 Å². The molecule has 0 atom stereocenters. The van der Waals surface area contributed by atoms with Crippen LogP contribution in [-0.2, 0) is 0 Å². The second-order valence-corrected chi connectivity index (χ2v) is 4.59. The fourth-order valence-corrected chi connectivity index (χ4v) is 2.62. The number of halogens is 1. The summed E-state index contributed by atoms with van der Waals surface area (Å²) in [4.78, 5) is 21.7. The predicted octanol–water partition coefficient (Wildman–Crippen LogP) is 2.52. The third-order valence-electron chi connectivity index (χ3n) is 2.41. The van der Waals surface area contributed by atoms with Gasteiger partial charge in [0.2, 0.25) is 0 Å². The molecule has 2 N–H and O–H groups in total. The molecule has 0 aliphatic rings. The van der Waals surface area contributed by atoms with Crippen molar-refractivity contribution in [3.8, 4) is 10.7 Å². The number of aromatic amines is 1. The first-order valence-electron chi connectivity index (χ1n) is 4.98. The highest BCUT2D eigenvalue weighted by molar-refractivity contribution is 7.21. The monoisotopic (exact) mass is 263 g/mol. The summed E-state index contributed by atoms with van der Waals surface area (Å²) >= 11 is 1.22. The van der Waals surface area contributed by atoms with E-state index in [9.17, 15) is 9.18 Å². The Morgan fingerprint density at radius 2 is 2.28 bits per heavy atom. The van der Waals surface area contributed by atoms with Gasteiger partial charge in [0.15, 0.2) is 5.69 Å². The predicted molar refractivity (Wildman–Crippen MR) is 64.1 cm³/mol. The first-order chi connectivity index (χ1) is 8.65. The molecule has 0 saturated carbocycles. The zero-order valence-corrected chi connectivity index (χ0v) is 9.66. The number of carbonyl (C=O) groups is 1. The molecule has 2 aromatic heterocycles. The Morgan fingerprint density at radius 3 is 3.06 bits per heavy atom. The summed E-state index contributed by atoms with van der Waals surface area (Å²) in [6, 6.07) is 4.24. The van der Waals surface area contributed by atoms with Crippen molar-refractivity contribution in [2.24, 2.45) is 0 Å². The summed E-state index contributed by atoms with van der Waals surface area (Å²) in [5, 5.41) is 9.45. The number of nitrogens with zero attached hydrogens (tertiary/aromatic N) is 2. The fourth-order valence-electron chi connectivity index (χ4n) is 1.62. The Morgan fingerprint density at radius 1 is 1.44 bits per heavy atom. The van der Waals surface area contributed by atoms with E-state index in [1.54, 1.807) is 6.07 Å². The summed E-state index contributed by atoms with van der Waals surface area (Å²) in [5.74, 6) is -1.47. The highest BCUT2D eigenvalue weighted by Crippen LogP contribution is 2.30. The summed E-state index contributed by atoms with van der Waals surface area (Å²) in [6.45, 7) is 0. The lowest BCUT2D eigenvalue weighted by Crippen LogP contribution is -1.98. The van der Waals surface area contributed by atoms with Gasteiger partial charge in [0.25, 0.3) is 0 Å². The minimum Gasteiger partial charge on any atom is -0.476 e. The van der Waals surface area contributed by atoms with Gasteiger partial charge < -0.3 is 10.1 Å². The van der Waals surface area contributed by atoms with Crippen LogP contribution in [0.5, 0.6) is 0 Å². The van der Waals surface area contributed by atoms with Gasteiger partial charge in [0.05, 0.1) is 16.5 Å². The first-order valence-corrected chi connectivity index (χ1v) is 5.80. The molecule has 5 nitrogen and oxygen atoms in total. The molecule has 7 heteroatoms. The molecule has 0 saturated heterocycles. The number of H-pyrrole nitrogens is 1. The summed E-state index contributed by atoms with van der Waals surface area (Å²) in [6.07, 6.45) is 1.30. The van der Waals surface area contributed by atoms with Gasteiger partial charge >= 0.3 is 5.97 Å². The van der Waals surface area contributed by atoms with Crippen molar-refractivity contribution in [2.45, 2.75) is 0 Å². The van der Waals surface area contributed by atoms with Gasteiger partial charge in [-0.1, -0.05) is 0 Å². The van der Waals surface area contributed by atoms with E-state index < -0.39 is 5.97 Å². The Hall–Kier alpha value is -2.28. The SMILES string of the molecule is O=C(O)c1nc[nH]c1-c1nc2ccc(F)cc2s1. The lowest BCUT2D eigenvalue weighted by Gasteiger charge is -1.92. The minimum absolute atomic E-state index is 0.0884. The molecule has 18 heavy (non-hydrogen) atoms. The van der Waals surface area contributed by atoms with Crippen molar-refractivity contribution < 1.29 is 14.3 Å². The maximum atomic E-state index is 13.1. The Kier molecular flexibility index (Phi) is 2.34. The summed E-state index contributed by atoms with van der Waals surface area (Å²) < 4.78 is 13.7. The van der Waals surface area contributed by atoms with Gasteiger partial charge in [-0.15, -0.1) is 11.3 Å². The molecule has 0 spiro atoms. The van der Waals surface area contributed by atoms with E-state index in [0.29, 0.717) is 20.9 Å². The minimum atomic E-state index is -1.13. The number of hydrogen-bond acceptors (Lipinski definition) is 4. The third-order valence-corrected chi connectivity index (χ3v) is 3.44. The normalized spacial score (nSPS) is 10.9. The zero-order valence-electron chi connectivity index (χ0n) is 8.85. The van der Waals surface area contributed by atoms with Gasteiger partial charge in [-0.05, 0) is 18.2 Å². The quantitative estimate of drug-likeness (QED) is 0.744. The largest absolute Gasteiger partial charge is 0.476 e. The molecule has 0 amide bonds. The Bertz CT molecular complexity index is 750. The molecule has 0 aliphatic carbocycles. The first kappa shape index (κ1) is 10.8. The van der Waals surface area contributed by atoms with Crippen LogP contribution in [0.3, 0.4) is 0 Å². The van der Waals surface area contributed by atoms with E-state index in [-0.39, 0.29) is 11.5 Å². The Balaban J connectivity index is 2.19. The fraction of sp³-hybridized carbons (Fsp3) is 0. The van der Waals surface area contributed by atoms with Crippen molar-refractivity contribution in [3.63, 3.8) is 0 Å². The van der Waals surface area contributed by atoms with Crippen LogP contribution in [0.1, 0.15) is 10.5 Å². The molecule has 0 unspecified atom stereocenters. The lowest BCUT2D eigenvalue weighted by atomic mass is 10.3. The van der Waals surface area contributed by atoms with Crippen LogP contribution in [0, 0.1) is 5.82 Å². The molecule has 1 aromatic carbocycles. The number of carboxylic acids is 1. The molecular weight excluding hydrogens is 257 g/mol. The standard InChI is InChI=1S/C11H6FN3O2S/c12-5-1-2-6-7(3-5)18-10(15-6)8-9(11(16)17)14-4-13-8/h1-4H,(H,13,14)(H,16,17). The maximum Gasteiger partial charge on any atom is 0.356 e. The van der Waals surface area contributed by atoms with E-state index in [2.05, 4.69) is 15.0 Å². The van der Waals surface area contributed by atoms with E-state index >= 15 is 0 Å². The number of hydrogen-bond donors (Lipinski definition) is 2. The number of benzene rings is 1. The molecule has 0 fully saturated rings. The number of rotatable bonds is 2. The topological polar surface area (TPSA) is 78.9 Å². The highest BCUT2D eigenvalue weighted by Gasteiger charge is 2.18. The number of carboxylic acid groups (broad SMARTS) is 1. The Labute approximate surface area is 104 Å². The number of fused-ring (bicyclic) bond motifs is 1. The molecule has 0 bridgehead atoms. The van der Waals surface area contributed by atoms with Crippen LogP contribution in [0.4, 0.5) is 4.39 Å². The molecule has 2 heterocycles. The van der Waals surface area contributed by atoms with Gasteiger partial charge in [-0.25, -0.2) is 19.2 Å².